The largest absolute Gasteiger partial charge is 0.480 e. The van der Waals surface area contributed by atoms with Crippen molar-refractivity contribution in [3.63, 3.8) is 0 Å². The summed E-state index contributed by atoms with van der Waals surface area (Å²) >= 11 is 0. The molecule has 2 amide bonds. The minimum Gasteiger partial charge on any atom is -0.480 e. The van der Waals surface area contributed by atoms with Gasteiger partial charge in [0.1, 0.15) is 0 Å². The van der Waals surface area contributed by atoms with Gasteiger partial charge in [0, 0.05) is 19.1 Å². The lowest BCUT2D eigenvalue weighted by molar-refractivity contribution is -0.141. The van der Waals surface area contributed by atoms with E-state index in [9.17, 15) is 14.7 Å². The quantitative estimate of drug-likeness (QED) is 0.645. The van der Waals surface area contributed by atoms with Crippen molar-refractivity contribution in [2.75, 3.05) is 27.2 Å². The number of hydrogen-bond acceptors (Lipinski definition) is 4. The van der Waals surface area contributed by atoms with Gasteiger partial charge in [0.2, 0.25) is 0 Å². The molecule has 0 aliphatic carbocycles. The summed E-state index contributed by atoms with van der Waals surface area (Å²) in [6.07, 6.45) is 0.786. The Balaban J connectivity index is 2.59. The number of urea groups is 1. The van der Waals surface area contributed by atoms with Crippen LogP contribution in [-0.4, -0.2) is 77.4 Å². The molecule has 1 saturated heterocycles. The summed E-state index contributed by atoms with van der Waals surface area (Å²) < 4.78 is 0. The van der Waals surface area contributed by atoms with Crippen molar-refractivity contribution >= 4 is 12.0 Å². The molecule has 0 bridgehead atoms. The third kappa shape index (κ3) is 4.36. The van der Waals surface area contributed by atoms with Gasteiger partial charge in [0.05, 0.1) is 6.10 Å². The highest BCUT2D eigenvalue weighted by Gasteiger charge is 2.30. The van der Waals surface area contributed by atoms with Gasteiger partial charge in [-0.25, -0.2) is 9.59 Å². The first kappa shape index (κ1) is 15.7. The molecule has 7 heteroatoms. The van der Waals surface area contributed by atoms with Gasteiger partial charge in [-0.05, 0) is 33.9 Å². The second-order valence-electron chi connectivity index (χ2n) is 5.21. The van der Waals surface area contributed by atoms with Crippen molar-refractivity contribution in [1.29, 1.82) is 0 Å². The van der Waals surface area contributed by atoms with Gasteiger partial charge in [-0.15, -0.1) is 0 Å². The van der Waals surface area contributed by atoms with Gasteiger partial charge in [-0.3, -0.25) is 0 Å². The molecule has 0 radical (unpaired) electrons. The smallest absolute Gasteiger partial charge is 0.328 e. The third-order valence-corrected chi connectivity index (χ3v) is 3.44. The van der Waals surface area contributed by atoms with Gasteiger partial charge >= 0.3 is 12.0 Å². The predicted molar refractivity (Wildman–Crippen MR) is 69.9 cm³/mol. The first-order valence-corrected chi connectivity index (χ1v) is 6.45. The zero-order valence-corrected chi connectivity index (χ0v) is 11.7. The Labute approximate surface area is 113 Å². The number of carbonyl (C=O) groups is 2. The highest BCUT2D eigenvalue weighted by molar-refractivity contribution is 5.83. The lowest BCUT2D eigenvalue weighted by Crippen LogP contribution is -2.56. The Morgan fingerprint density at radius 3 is 2.53 bits per heavy atom. The first-order chi connectivity index (χ1) is 8.82. The van der Waals surface area contributed by atoms with Crippen molar-refractivity contribution in [1.82, 2.24) is 15.1 Å². The molecule has 0 aromatic rings. The van der Waals surface area contributed by atoms with Crippen molar-refractivity contribution in [2.24, 2.45) is 0 Å². The highest BCUT2D eigenvalue weighted by atomic mass is 16.4. The molecule has 7 nitrogen and oxygen atoms in total. The van der Waals surface area contributed by atoms with Crippen LogP contribution in [0.3, 0.4) is 0 Å². The van der Waals surface area contributed by atoms with E-state index in [2.05, 4.69) is 10.2 Å². The average Bonchev–Trinajstić information content (AvgIpc) is 2.34. The molecule has 0 spiro atoms. The van der Waals surface area contributed by atoms with Gasteiger partial charge in [-0.2, -0.15) is 0 Å². The number of piperidine rings is 1. The number of nitrogens with one attached hydrogen (secondary N) is 1. The maximum atomic E-state index is 12.0. The van der Waals surface area contributed by atoms with E-state index < -0.39 is 24.1 Å². The van der Waals surface area contributed by atoms with E-state index in [0.29, 0.717) is 13.1 Å². The van der Waals surface area contributed by atoms with Crippen LogP contribution < -0.4 is 5.32 Å². The molecule has 1 aliphatic heterocycles. The second-order valence-corrected chi connectivity index (χ2v) is 5.21. The van der Waals surface area contributed by atoms with E-state index in [0.717, 1.165) is 12.8 Å². The van der Waals surface area contributed by atoms with Gasteiger partial charge in [0.25, 0.3) is 0 Å². The van der Waals surface area contributed by atoms with Crippen LogP contribution in [0.4, 0.5) is 4.79 Å². The number of carboxylic acid groups (broad SMARTS) is 1. The van der Waals surface area contributed by atoms with Crippen LogP contribution in [0.1, 0.15) is 19.8 Å². The molecule has 0 aromatic heterocycles. The fraction of sp³-hybridized carbons (Fsp3) is 0.833. The maximum absolute atomic E-state index is 12.0. The Morgan fingerprint density at radius 2 is 2.05 bits per heavy atom. The lowest BCUT2D eigenvalue weighted by atomic mass is 10.1. The van der Waals surface area contributed by atoms with Crippen LogP contribution in [0.2, 0.25) is 0 Å². The number of likely N-dealkylation sites (N-methyl/N-ethyl adjacent to an activating group) is 1. The highest BCUT2D eigenvalue weighted by Crippen LogP contribution is 2.13. The van der Waals surface area contributed by atoms with Crippen LogP contribution in [0.15, 0.2) is 0 Å². The molecule has 1 aliphatic rings. The minimum absolute atomic E-state index is 0.286. The zero-order valence-electron chi connectivity index (χ0n) is 11.7. The fourth-order valence-electron chi connectivity index (χ4n) is 2.17. The number of rotatable bonds is 4. The fourth-order valence-corrected chi connectivity index (χ4v) is 2.17. The Kier molecular flexibility index (Phi) is 5.56. The number of aliphatic hydroxyl groups excluding tert-OH is 1. The second kappa shape index (κ2) is 6.72. The standard InChI is InChI=1S/C12H23N3O4/c1-8(16)10(11(17)18)13-12(19)15-6-4-5-9(7-15)14(2)3/h8-10,16H,4-7H2,1-3H3,(H,13,19)(H,17,18). The third-order valence-electron chi connectivity index (χ3n) is 3.44. The average molecular weight is 273 g/mol. The monoisotopic (exact) mass is 273 g/mol. The molecule has 0 saturated carbocycles. The molecular weight excluding hydrogens is 250 g/mol. The Hall–Kier alpha value is -1.34. The summed E-state index contributed by atoms with van der Waals surface area (Å²) in [7, 11) is 3.92. The number of aliphatic carboxylic acids is 1. The molecule has 1 fully saturated rings. The molecular formula is C12H23N3O4. The number of hydrogen-bond donors (Lipinski definition) is 3. The van der Waals surface area contributed by atoms with Crippen LogP contribution in [0.25, 0.3) is 0 Å². The molecule has 19 heavy (non-hydrogen) atoms. The van der Waals surface area contributed by atoms with Gasteiger partial charge in [0.15, 0.2) is 6.04 Å². The lowest BCUT2D eigenvalue weighted by Gasteiger charge is -2.36. The summed E-state index contributed by atoms with van der Waals surface area (Å²) in [5.74, 6) is -1.23. The summed E-state index contributed by atoms with van der Waals surface area (Å²) in [5.41, 5.74) is 0. The predicted octanol–water partition coefficient (Wildman–Crippen LogP) is -0.444. The van der Waals surface area contributed by atoms with E-state index in [1.807, 2.05) is 14.1 Å². The van der Waals surface area contributed by atoms with E-state index in [4.69, 9.17) is 5.11 Å². The molecule has 1 rings (SSSR count). The van der Waals surface area contributed by atoms with E-state index in [1.54, 1.807) is 4.90 Å². The number of aliphatic hydroxyl groups is 1. The number of carbonyl (C=O) groups excluding carboxylic acids is 1. The van der Waals surface area contributed by atoms with Gasteiger partial charge < -0.3 is 25.3 Å². The normalized spacial score (nSPS) is 23.0. The molecule has 1 heterocycles. The molecule has 3 atom stereocenters. The number of carboxylic acids is 1. The number of nitrogens with zero attached hydrogens (tertiary/aromatic N) is 2. The molecule has 110 valence electrons. The topological polar surface area (TPSA) is 93.1 Å². The molecule has 0 aromatic carbocycles. The van der Waals surface area contributed by atoms with Crippen molar-refractivity contribution < 1.29 is 19.8 Å². The van der Waals surface area contributed by atoms with Crippen LogP contribution in [0, 0.1) is 0 Å². The summed E-state index contributed by atoms with van der Waals surface area (Å²) in [4.78, 5) is 26.6. The van der Waals surface area contributed by atoms with Crippen LogP contribution in [0.5, 0.6) is 0 Å². The van der Waals surface area contributed by atoms with Crippen LogP contribution >= 0.6 is 0 Å². The van der Waals surface area contributed by atoms with Crippen LogP contribution in [-0.2, 0) is 4.79 Å². The summed E-state index contributed by atoms with van der Waals surface area (Å²) in [6.45, 7) is 2.53. The zero-order chi connectivity index (χ0) is 14.6. The van der Waals surface area contributed by atoms with Gasteiger partial charge in [-0.1, -0.05) is 0 Å². The maximum Gasteiger partial charge on any atom is 0.328 e. The molecule has 3 unspecified atom stereocenters. The summed E-state index contributed by atoms with van der Waals surface area (Å²) in [6, 6.07) is -1.42. The van der Waals surface area contributed by atoms with Crippen molar-refractivity contribution in [2.45, 2.75) is 38.0 Å². The van der Waals surface area contributed by atoms with E-state index in [-0.39, 0.29) is 6.04 Å². The Morgan fingerprint density at radius 1 is 1.42 bits per heavy atom. The van der Waals surface area contributed by atoms with Crippen molar-refractivity contribution in [3.8, 4) is 0 Å². The molecule has 3 N–H and O–H groups in total. The van der Waals surface area contributed by atoms with E-state index in [1.165, 1.54) is 6.92 Å². The first-order valence-electron chi connectivity index (χ1n) is 6.45. The Bertz CT molecular complexity index is 333. The van der Waals surface area contributed by atoms with E-state index >= 15 is 0 Å². The van der Waals surface area contributed by atoms with Crippen molar-refractivity contribution in [3.05, 3.63) is 0 Å². The number of amides is 2. The SMILES string of the molecule is CC(O)C(NC(=O)N1CCCC(N(C)C)C1)C(=O)O. The summed E-state index contributed by atoms with van der Waals surface area (Å²) in [5, 5.41) is 20.6. The minimum atomic E-state index is -1.27. The number of likely N-dealkylation sites (tertiary alicyclic amines) is 1.